The zero-order valence-electron chi connectivity index (χ0n) is 21.1. The number of piperazine rings is 1. The fourth-order valence-corrected chi connectivity index (χ4v) is 6.00. The Labute approximate surface area is 211 Å². The summed E-state index contributed by atoms with van der Waals surface area (Å²) in [6.07, 6.45) is 7.20. The van der Waals surface area contributed by atoms with Gasteiger partial charge in [-0.25, -0.2) is 14.8 Å². The lowest BCUT2D eigenvalue weighted by Crippen LogP contribution is -2.54. The monoisotopic (exact) mass is 493 g/mol. The molecule has 1 saturated carbocycles. The van der Waals surface area contributed by atoms with E-state index in [1.54, 1.807) is 17.3 Å². The fourth-order valence-electron chi connectivity index (χ4n) is 6.00. The van der Waals surface area contributed by atoms with Gasteiger partial charge in [-0.1, -0.05) is 30.3 Å². The molecule has 2 amide bonds. The van der Waals surface area contributed by atoms with E-state index in [0.29, 0.717) is 44.4 Å². The number of nitrogens with one attached hydrogen (secondary N) is 1. The van der Waals surface area contributed by atoms with Crippen molar-refractivity contribution in [2.75, 3.05) is 63.2 Å². The van der Waals surface area contributed by atoms with Crippen LogP contribution in [0.5, 0.6) is 0 Å². The van der Waals surface area contributed by atoms with Gasteiger partial charge >= 0.3 is 12.0 Å². The van der Waals surface area contributed by atoms with Crippen molar-refractivity contribution in [3.05, 3.63) is 48.3 Å². The van der Waals surface area contributed by atoms with Crippen LogP contribution in [0.4, 0.5) is 16.4 Å². The van der Waals surface area contributed by atoms with E-state index in [0.717, 1.165) is 25.7 Å². The zero-order chi connectivity index (χ0) is 25.3. The van der Waals surface area contributed by atoms with Crippen LogP contribution in [0.3, 0.4) is 0 Å². The van der Waals surface area contributed by atoms with E-state index in [1.165, 1.54) is 5.56 Å². The fraction of sp³-hybridized carbons (Fsp3) is 0.538. The van der Waals surface area contributed by atoms with Crippen molar-refractivity contribution >= 4 is 23.6 Å². The van der Waals surface area contributed by atoms with E-state index in [9.17, 15) is 9.59 Å². The van der Waals surface area contributed by atoms with Gasteiger partial charge < -0.3 is 15.3 Å². The van der Waals surface area contributed by atoms with Crippen molar-refractivity contribution in [2.45, 2.75) is 36.8 Å². The van der Waals surface area contributed by atoms with Gasteiger partial charge in [-0.3, -0.25) is 19.5 Å². The number of benzene rings is 1. The van der Waals surface area contributed by atoms with Crippen molar-refractivity contribution in [3.63, 3.8) is 0 Å². The minimum absolute atomic E-state index is 0.0239. The van der Waals surface area contributed by atoms with Gasteiger partial charge in [-0.2, -0.15) is 0 Å². The van der Waals surface area contributed by atoms with Crippen LogP contribution < -0.4 is 15.1 Å². The second-order valence-corrected chi connectivity index (χ2v) is 10.5. The molecule has 10 nitrogen and oxygen atoms in total. The first-order valence-electron chi connectivity index (χ1n) is 12.6. The Morgan fingerprint density at radius 3 is 2.25 bits per heavy atom. The molecule has 36 heavy (non-hydrogen) atoms. The smallest absolute Gasteiger partial charge is 0.322 e. The van der Waals surface area contributed by atoms with Crippen molar-refractivity contribution in [1.82, 2.24) is 25.1 Å². The lowest BCUT2D eigenvalue weighted by molar-refractivity contribution is -0.138. The summed E-state index contributed by atoms with van der Waals surface area (Å²) < 4.78 is 0. The lowest BCUT2D eigenvalue weighted by Gasteiger charge is -2.48. The van der Waals surface area contributed by atoms with Crippen molar-refractivity contribution in [3.8, 4) is 0 Å². The number of amides is 2. The largest absolute Gasteiger partial charge is 0.480 e. The molecule has 2 N–H and O–H groups in total. The second kappa shape index (κ2) is 9.67. The molecule has 1 aromatic heterocycles. The molecule has 1 spiro atoms. The summed E-state index contributed by atoms with van der Waals surface area (Å²) >= 11 is 0. The Kier molecular flexibility index (Phi) is 6.57. The number of carboxylic acids is 1. The van der Waals surface area contributed by atoms with E-state index >= 15 is 0 Å². The molecule has 0 bridgehead atoms. The summed E-state index contributed by atoms with van der Waals surface area (Å²) in [6, 6.07) is 10.6. The van der Waals surface area contributed by atoms with Crippen LogP contribution >= 0.6 is 0 Å². The van der Waals surface area contributed by atoms with E-state index in [4.69, 9.17) is 5.11 Å². The number of urea groups is 1. The van der Waals surface area contributed by atoms with Gasteiger partial charge in [0.1, 0.15) is 0 Å². The highest BCUT2D eigenvalue weighted by atomic mass is 16.4. The maximum absolute atomic E-state index is 13.0. The van der Waals surface area contributed by atoms with Crippen LogP contribution in [0.25, 0.3) is 0 Å². The van der Waals surface area contributed by atoms with Gasteiger partial charge in [0.05, 0.1) is 36.7 Å². The average molecular weight is 494 g/mol. The van der Waals surface area contributed by atoms with Gasteiger partial charge in [0.15, 0.2) is 0 Å². The topological polar surface area (TPSA) is 105 Å². The minimum atomic E-state index is -0.809. The number of aliphatic carboxylic acids is 1. The van der Waals surface area contributed by atoms with Crippen molar-refractivity contribution < 1.29 is 14.7 Å². The molecule has 1 aromatic carbocycles. The van der Waals surface area contributed by atoms with Crippen molar-refractivity contribution in [1.29, 1.82) is 0 Å². The number of nitrogens with zero attached hydrogens (tertiary/aromatic N) is 6. The van der Waals surface area contributed by atoms with Crippen molar-refractivity contribution in [2.24, 2.45) is 0 Å². The number of anilines is 2. The molecular formula is C26H35N7O3. The number of aromatic nitrogens is 2. The molecule has 0 atom stereocenters. The highest BCUT2D eigenvalue weighted by Crippen LogP contribution is 2.46. The van der Waals surface area contributed by atoms with Gasteiger partial charge in [-0.05, 0) is 45.3 Å². The number of carboxylic acid groups (broad SMARTS) is 1. The lowest BCUT2D eigenvalue weighted by atomic mass is 9.69. The molecule has 2 aliphatic heterocycles. The molecule has 3 aliphatic rings. The standard InChI is InChI=1S/C26H35N7O3/c1-30(2)26(20-6-4-3-5-7-20)10-8-25(9-11-26)19-33(24(36)29-25)21-16-27-23(28-17-21)32-14-12-31(13-15-32)18-22(34)35/h3-7,16-17H,8-15,18-19H2,1-2H3,(H,29,36)(H,34,35)/t25-,26+. The molecule has 10 heteroatoms. The molecule has 0 unspecified atom stereocenters. The first kappa shape index (κ1) is 24.5. The van der Waals surface area contributed by atoms with Crippen LogP contribution in [-0.4, -0.2) is 95.8 Å². The van der Waals surface area contributed by atoms with E-state index in [-0.39, 0.29) is 23.7 Å². The maximum atomic E-state index is 13.0. The van der Waals surface area contributed by atoms with Gasteiger partial charge in [0, 0.05) is 31.7 Å². The molecule has 5 rings (SSSR count). The van der Waals surface area contributed by atoms with Crippen LogP contribution in [0.15, 0.2) is 42.7 Å². The second-order valence-electron chi connectivity index (χ2n) is 10.5. The van der Waals surface area contributed by atoms with Crippen LogP contribution in [0.1, 0.15) is 31.2 Å². The summed E-state index contributed by atoms with van der Waals surface area (Å²) in [6.45, 7) is 3.34. The normalized spacial score (nSPS) is 27.0. The summed E-state index contributed by atoms with van der Waals surface area (Å²) in [7, 11) is 4.30. The third-order valence-corrected chi connectivity index (χ3v) is 8.23. The maximum Gasteiger partial charge on any atom is 0.322 e. The molecule has 192 valence electrons. The number of hydrogen-bond donors (Lipinski definition) is 2. The predicted octanol–water partition coefficient (Wildman–Crippen LogP) is 1.98. The Morgan fingerprint density at radius 1 is 1.03 bits per heavy atom. The number of carbonyl (C=O) groups is 2. The molecule has 3 fully saturated rings. The van der Waals surface area contributed by atoms with E-state index in [1.807, 2.05) is 4.90 Å². The third kappa shape index (κ3) is 4.62. The molecule has 2 aromatic rings. The highest BCUT2D eigenvalue weighted by molar-refractivity contribution is 5.95. The van der Waals surface area contributed by atoms with Gasteiger partial charge in [-0.15, -0.1) is 0 Å². The number of rotatable bonds is 6. The van der Waals surface area contributed by atoms with E-state index < -0.39 is 5.97 Å². The molecule has 0 radical (unpaired) electrons. The first-order chi connectivity index (χ1) is 17.3. The van der Waals surface area contributed by atoms with Gasteiger partial charge in [0.25, 0.3) is 0 Å². The highest BCUT2D eigenvalue weighted by Gasteiger charge is 2.50. The van der Waals surface area contributed by atoms with Gasteiger partial charge in [0.2, 0.25) is 5.95 Å². The summed E-state index contributed by atoms with van der Waals surface area (Å²) in [5, 5.41) is 12.3. The Morgan fingerprint density at radius 2 is 1.67 bits per heavy atom. The third-order valence-electron chi connectivity index (χ3n) is 8.23. The molecule has 3 heterocycles. The molecule has 2 saturated heterocycles. The Bertz CT molecular complexity index is 1080. The predicted molar refractivity (Wildman–Crippen MR) is 137 cm³/mol. The SMILES string of the molecule is CN(C)[C@]1(c2ccccc2)CC[C@]2(CC1)CN(c1cnc(N3CCN(CC(=O)O)CC3)nc1)C(=O)N2. The van der Waals surface area contributed by atoms with Crippen LogP contribution in [-0.2, 0) is 10.3 Å². The summed E-state index contributed by atoms with van der Waals surface area (Å²) in [5.41, 5.74) is 1.76. The number of hydrogen-bond acceptors (Lipinski definition) is 7. The summed E-state index contributed by atoms with van der Waals surface area (Å²) in [4.78, 5) is 41.1. The quantitative estimate of drug-likeness (QED) is 0.630. The van der Waals surface area contributed by atoms with Crippen LogP contribution in [0, 0.1) is 0 Å². The number of carbonyl (C=O) groups excluding carboxylic acids is 1. The van der Waals surface area contributed by atoms with E-state index in [2.05, 4.69) is 69.5 Å². The zero-order valence-corrected chi connectivity index (χ0v) is 21.1. The average Bonchev–Trinajstić information content (AvgIpc) is 3.21. The first-order valence-corrected chi connectivity index (χ1v) is 12.6. The Hall–Kier alpha value is -3.24. The summed E-state index contributed by atoms with van der Waals surface area (Å²) in [5.74, 6) is -0.199. The molecular weight excluding hydrogens is 458 g/mol. The Balaban J connectivity index is 1.23. The minimum Gasteiger partial charge on any atom is -0.480 e. The van der Waals surface area contributed by atoms with Crippen LogP contribution in [0.2, 0.25) is 0 Å². The molecule has 1 aliphatic carbocycles.